The molecule has 0 aliphatic heterocycles. The summed E-state index contributed by atoms with van der Waals surface area (Å²) in [5.41, 5.74) is -2.08. The minimum atomic E-state index is -2.72. The summed E-state index contributed by atoms with van der Waals surface area (Å²) in [5.74, 6) is 1.33. The molecule has 2 aliphatic rings. The van der Waals surface area contributed by atoms with Crippen LogP contribution < -0.4 is 0 Å². The van der Waals surface area contributed by atoms with Crippen molar-refractivity contribution in [3.8, 4) is 0 Å². The van der Waals surface area contributed by atoms with Crippen LogP contribution in [0.15, 0.2) is 0 Å². The highest BCUT2D eigenvalue weighted by molar-refractivity contribution is 6.69. The fraction of sp³-hybridized carbons (Fsp3) is 0.952. The van der Waals surface area contributed by atoms with Gasteiger partial charge in [-0.3, -0.25) is 4.79 Å². The number of hydrogen-bond acceptors (Lipinski definition) is 2. The van der Waals surface area contributed by atoms with E-state index in [0.717, 1.165) is 32.1 Å². The van der Waals surface area contributed by atoms with Crippen LogP contribution in [0.4, 0.5) is 0 Å². The van der Waals surface area contributed by atoms with Gasteiger partial charge in [0.25, 0.3) is 0 Å². The molecule has 0 amide bonds. The molecule has 0 aromatic heterocycles. The number of ketones is 1. The van der Waals surface area contributed by atoms with E-state index in [-0.39, 0.29) is 17.8 Å². The van der Waals surface area contributed by atoms with Crippen molar-refractivity contribution in [2.24, 2.45) is 23.2 Å². The van der Waals surface area contributed by atoms with Crippen molar-refractivity contribution >= 4 is 14.1 Å². The molecule has 0 radical (unpaired) electrons. The Hall–Kier alpha value is -0.153. The second-order valence-corrected chi connectivity index (χ2v) is 13.9. The lowest BCUT2D eigenvalue weighted by Crippen LogP contribution is -2.39. The van der Waals surface area contributed by atoms with Crippen molar-refractivity contribution in [3.63, 3.8) is 0 Å². The second-order valence-electron chi connectivity index (χ2n) is 9.47. The minimum absolute atomic E-state index is 0.000400. The Kier molecular flexibility index (Phi) is 3.94. The lowest BCUT2D eigenvalue weighted by Gasteiger charge is -2.42. The normalized spacial score (nSPS) is 37.5. The van der Waals surface area contributed by atoms with E-state index in [1.807, 2.05) is 19.6 Å². The average molecular weight is 359 g/mol. The first kappa shape index (κ1) is 13.1. The van der Waals surface area contributed by atoms with Gasteiger partial charge in [-0.1, -0.05) is 26.7 Å². The Balaban J connectivity index is 2.14. The predicted molar refractivity (Wildman–Crippen MR) is 105 cm³/mol. The van der Waals surface area contributed by atoms with Gasteiger partial charge in [-0.05, 0) is 82.7 Å². The lowest BCUT2D eigenvalue weighted by molar-refractivity contribution is -0.130. The molecule has 0 N–H and O–H groups in total. The summed E-state index contributed by atoms with van der Waals surface area (Å²) in [6.07, 6.45) is 5.97. The Bertz CT molecular complexity index is 610. The highest BCUT2D eigenvalue weighted by atomic mass is 28.4. The van der Waals surface area contributed by atoms with E-state index in [9.17, 15) is 4.79 Å². The van der Waals surface area contributed by atoms with Gasteiger partial charge in [-0.2, -0.15) is 0 Å². The second kappa shape index (κ2) is 7.23. The van der Waals surface area contributed by atoms with Crippen LogP contribution in [0.2, 0.25) is 19.6 Å². The molecule has 0 heterocycles. The van der Waals surface area contributed by atoms with Crippen LogP contribution in [0.1, 0.15) is 87.1 Å². The van der Waals surface area contributed by atoms with Gasteiger partial charge in [-0.25, -0.2) is 0 Å². The van der Waals surface area contributed by atoms with Crippen molar-refractivity contribution < 1.29 is 17.4 Å². The van der Waals surface area contributed by atoms with Gasteiger partial charge >= 0.3 is 0 Å². The maximum atomic E-state index is 12.4. The van der Waals surface area contributed by atoms with Gasteiger partial charge in [0, 0.05) is 20.6 Å². The fourth-order valence-corrected chi connectivity index (χ4v) is 6.50. The molecule has 0 saturated heterocycles. The summed E-state index contributed by atoms with van der Waals surface area (Å²) in [4.78, 5) is 12.4. The van der Waals surface area contributed by atoms with Gasteiger partial charge in [0.2, 0.25) is 0 Å². The van der Waals surface area contributed by atoms with E-state index in [0.29, 0.717) is 30.5 Å². The van der Waals surface area contributed by atoms with E-state index >= 15 is 0 Å². The quantitative estimate of drug-likeness (QED) is 0.506. The first-order valence-electron chi connectivity index (χ1n) is 12.7. The monoisotopic (exact) mass is 358 g/mol. The Labute approximate surface area is 159 Å². The number of fused-ring (bicyclic) bond motifs is 1. The maximum Gasteiger partial charge on any atom is 0.184 e. The SMILES string of the molecule is [2H]C([2H])([2H])C(CCC[C@@H](C)[C@H]1CC[C@H]2C(=O)CCC[C@]12C)(O[Si](C)(C)C)C([2H])([2H])[2H]. The molecular formula is C21H40O2Si. The molecule has 2 aliphatic carbocycles. The summed E-state index contributed by atoms with van der Waals surface area (Å²) in [5, 5.41) is 0. The van der Waals surface area contributed by atoms with Crippen LogP contribution in [-0.4, -0.2) is 19.7 Å². The molecule has 2 nitrogen and oxygen atoms in total. The molecule has 0 bridgehead atoms. The van der Waals surface area contributed by atoms with Crippen LogP contribution in [0, 0.1) is 23.2 Å². The first-order valence-corrected chi connectivity index (χ1v) is 13.1. The molecule has 0 unspecified atom stereocenters. The average Bonchev–Trinajstić information content (AvgIpc) is 2.89. The van der Waals surface area contributed by atoms with Gasteiger partial charge in [0.05, 0.1) is 5.60 Å². The van der Waals surface area contributed by atoms with Crippen molar-refractivity contribution in [2.75, 3.05) is 0 Å². The molecular weight excluding hydrogens is 312 g/mol. The summed E-state index contributed by atoms with van der Waals surface area (Å²) >= 11 is 0. The summed E-state index contributed by atoms with van der Waals surface area (Å²) < 4.78 is 54.1. The Morgan fingerprint density at radius 3 is 2.71 bits per heavy atom. The van der Waals surface area contributed by atoms with Gasteiger partial charge in [-0.15, -0.1) is 0 Å². The van der Waals surface area contributed by atoms with E-state index in [4.69, 9.17) is 12.7 Å². The van der Waals surface area contributed by atoms with Crippen molar-refractivity contribution in [3.05, 3.63) is 0 Å². The lowest BCUT2D eigenvalue weighted by atomic mass is 9.62. The Morgan fingerprint density at radius 2 is 2.08 bits per heavy atom. The molecule has 24 heavy (non-hydrogen) atoms. The number of carbonyl (C=O) groups is 1. The molecule has 0 aromatic carbocycles. The predicted octanol–water partition coefficient (Wildman–Crippen LogP) is 6.21. The van der Waals surface area contributed by atoms with Crippen LogP contribution in [-0.2, 0) is 9.22 Å². The van der Waals surface area contributed by atoms with Crippen LogP contribution in [0.3, 0.4) is 0 Å². The van der Waals surface area contributed by atoms with E-state index < -0.39 is 27.6 Å². The maximum absolute atomic E-state index is 12.4. The van der Waals surface area contributed by atoms with E-state index in [1.165, 1.54) is 0 Å². The molecule has 3 heteroatoms. The topological polar surface area (TPSA) is 26.3 Å². The molecule has 4 atom stereocenters. The largest absolute Gasteiger partial charge is 0.413 e. The van der Waals surface area contributed by atoms with Gasteiger partial charge in [0.1, 0.15) is 5.78 Å². The molecule has 2 fully saturated rings. The van der Waals surface area contributed by atoms with E-state index in [1.54, 1.807) is 0 Å². The minimum Gasteiger partial charge on any atom is -0.413 e. The van der Waals surface area contributed by atoms with Gasteiger partial charge < -0.3 is 4.43 Å². The van der Waals surface area contributed by atoms with Crippen molar-refractivity contribution in [2.45, 2.75) is 104 Å². The molecule has 2 saturated carbocycles. The molecule has 140 valence electrons. The van der Waals surface area contributed by atoms with Crippen LogP contribution in [0.25, 0.3) is 0 Å². The summed E-state index contributed by atoms with van der Waals surface area (Å²) in [6, 6.07) is 0. The standard InChI is InChI=1S/C21H40O2Si/c1-16(10-8-14-20(2,3)23-24(5,6)7)17-12-13-18-19(22)11-9-15-21(17,18)4/h16-18H,8-15H2,1-7H3/t16-,17-,18+,21-/m1/s1/i2D3,3D3. The van der Waals surface area contributed by atoms with Crippen LogP contribution in [0.5, 0.6) is 0 Å². The molecule has 0 spiro atoms. The number of carbonyl (C=O) groups excluding carboxylic acids is 1. The highest BCUT2D eigenvalue weighted by Crippen LogP contribution is 2.57. The smallest absolute Gasteiger partial charge is 0.184 e. The summed E-state index contributed by atoms with van der Waals surface area (Å²) in [6.45, 7) is 4.50. The highest BCUT2D eigenvalue weighted by Gasteiger charge is 2.52. The van der Waals surface area contributed by atoms with Crippen molar-refractivity contribution in [1.29, 1.82) is 0 Å². The fourth-order valence-electron chi connectivity index (χ4n) is 5.35. The number of rotatable bonds is 7. The van der Waals surface area contributed by atoms with Gasteiger partial charge in [0.15, 0.2) is 8.32 Å². The molecule has 2 rings (SSSR count). The molecule has 0 aromatic rings. The third-order valence-electron chi connectivity index (χ3n) is 6.29. The third kappa shape index (κ3) is 4.72. The van der Waals surface area contributed by atoms with E-state index in [2.05, 4.69) is 13.8 Å². The number of Topliss-reactive ketones (excluding diaryl/α,β-unsaturated/α-hetero) is 1. The first-order chi connectivity index (χ1) is 13.4. The van der Waals surface area contributed by atoms with Crippen LogP contribution >= 0.6 is 0 Å². The van der Waals surface area contributed by atoms with Crippen molar-refractivity contribution in [1.82, 2.24) is 0 Å². The third-order valence-corrected chi connectivity index (χ3v) is 7.25. The zero-order chi connectivity index (χ0) is 23.2. The summed E-state index contributed by atoms with van der Waals surface area (Å²) in [7, 11) is -2.42. The Morgan fingerprint density at radius 1 is 1.38 bits per heavy atom. The zero-order valence-corrected chi connectivity index (χ0v) is 17.2. The number of hydrogen-bond donors (Lipinski definition) is 0. The zero-order valence-electron chi connectivity index (χ0n) is 22.2.